The monoisotopic (exact) mass is 233 g/mol. The van der Waals surface area contributed by atoms with E-state index in [1.54, 1.807) is 0 Å². The molecule has 1 fully saturated rings. The summed E-state index contributed by atoms with van der Waals surface area (Å²) in [6, 6.07) is 4.19. The summed E-state index contributed by atoms with van der Waals surface area (Å²) in [6.07, 6.45) is 8.13. The van der Waals surface area contributed by atoms with Crippen molar-refractivity contribution < 1.29 is 5.11 Å². The van der Waals surface area contributed by atoms with E-state index in [1.165, 1.54) is 12.0 Å². The van der Waals surface area contributed by atoms with Crippen molar-refractivity contribution in [3.63, 3.8) is 0 Å². The SMILES string of the molecule is CCc1ccc(CC2(O)CCCCC2C)nc1. The number of hydrogen-bond acceptors (Lipinski definition) is 2. The Bertz CT molecular complexity index is 360. The second-order valence-electron chi connectivity index (χ2n) is 5.44. The minimum atomic E-state index is -0.529. The van der Waals surface area contributed by atoms with E-state index in [2.05, 4.69) is 31.0 Å². The Kier molecular flexibility index (Phi) is 3.82. The summed E-state index contributed by atoms with van der Waals surface area (Å²) >= 11 is 0. The number of hydrogen-bond donors (Lipinski definition) is 1. The Hall–Kier alpha value is -0.890. The lowest BCUT2D eigenvalue weighted by Gasteiger charge is -2.38. The molecule has 0 radical (unpaired) electrons. The van der Waals surface area contributed by atoms with Gasteiger partial charge in [0.05, 0.1) is 5.60 Å². The van der Waals surface area contributed by atoms with Gasteiger partial charge in [-0.2, -0.15) is 0 Å². The highest BCUT2D eigenvalue weighted by Crippen LogP contribution is 2.35. The Morgan fingerprint density at radius 2 is 2.24 bits per heavy atom. The van der Waals surface area contributed by atoms with Crippen LogP contribution in [-0.4, -0.2) is 15.7 Å². The van der Waals surface area contributed by atoms with E-state index >= 15 is 0 Å². The molecule has 1 aromatic heterocycles. The molecule has 1 saturated carbocycles. The molecule has 2 nitrogen and oxygen atoms in total. The molecule has 94 valence electrons. The fourth-order valence-electron chi connectivity index (χ4n) is 2.74. The normalized spacial score (nSPS) is 29.2. The van der Waals surface area contributed by atoms with E-state index in [1.807, 2.05) is 6.20 Å². The van der Waals surface area contributed by atoms with Crippen molar-refractivity contribution in [2.45, 2.75) is 58.0 Å². The lowest BCUT2D eigenvalue weighted by molar-refractivity contribution is -0.0412. The summed E-state index contributed by atoms with van der Waals surface area (Å²) in [5.74, 6) is 0.393. The number of nitrogens with zero attached hydrogens (tertiary/aromatic N) is 1. The first-order valence-corrected chi connectivity index (χ1v) is 6.80. The number of aryl methyl sites for hydroxylation is 1. The van der Waals surface area contributed by atoms with Gasteiger partial charge in [-0.05, 0) is 36.8 Å². The summed E-state index contributed by atoms with van der Waals surface area (Å²) in [7, 11) is 0. The fourth-order valence-corrected chi connectivity index (χ4v) is 2.74. The quantitative estimate of drug-likeness (QED) is 0.870. The first-order valence-electron chi connectivity index (χ1n) is 6.80. The Labute approximate surface area is 104 Å². The van der Waals surface area contributed by atoms with Crippen molar-refractivity contribution >= 4 is 0 Å². The van der Waals surface area contributed by atoms with Crippen molar-refractivity contribution in [1.82, 2.24) is 4.98 Å². The van der Waals surface area contributed by atoms with Crippen LogP contribution in [0.2, 0.25) is 0 Å². The van der Waals surface area contributed by atoms with Crippen molar-refractivity contribution in [2.75, 3.05) is 0 Å². The Morgan fingerprint density at radius 3 is 2.82 bits per heavy atom. The van der Waals surface area contributed by atoms with Gasteiger partial charge in [-0.15, -0.1) is 0 Å². The van der Waals surface area contributed by atoms with Gasteiger partial charge < -0.3 is 5.11 Å². The van der Waals surface area contributed by atoms with Crippen LogP contribution in [0.25, 0.3) is 0 Å². The summed E-state index contributed by atoms with van der Waals surface area (Å²) in [5, 5.41) is 10.7. The van der Waals surface area contributed by atoms with Gasteiger partial charge in [-0.3, -0.25) is 4.98 Å². The zero-order chi connectivity index (χ0) is 12.3. The number of pyridine rings is 1. The van der Waals surface area contributed by atoms with Crippen LogP contribution in [0.4, 0.5) is 0 Å². The number of aliphatic hydroxyl groups is 1. The van der Waals surface area contributed by atoms with Gasteiger partial charge in [-0.1, -0.05) is 32.8 Å². The molecular weight excluding hydrogens is 210 g/mol. The van der Waals surface area contributed by atoms with Crippen LogP contribution in [0.3, 0.4) is 0 Å². The fraction of sp³-hybridized carbons (Fsp3) is 0.667. The molecule has 1 aliphatic carbocycles. The molecule has 17 heavy (non-hydrogen) atoms. The van der Waals surface area contributed by atoms with Crippen molar-refractivity contribution in [2.24, 2.45) is 5.92 Å². The first kappa shape index (κ1) is 12.6. The number of rotatable bonds is 3. The van der Waals surface area contributed by atoms with Crippen LogP contribution in [0.1, 0.15) is 50.8 Å². The van der Waals surface area contributed by atoms with E-state index in [4.69, 9.17) is 0 Å². The molecule has 0 aromatic carbocycles. The molecule has 1 N–H and O–H groups in total. The molecule has 2 heteroatoms. The van der Waals surface area contributed by atoms with E-state index < -0.39 is 5.60 Å². The van der Waals surface area contributed by atoms with Gasteiger partial charge in [0.2, 0.25) is 0 Å². The molecule has 2 unspecified atom stereocenters. The van der Waals surface area contributed by atoms with Crippen molar-refractivity contribution in [3.8, 4) is 0 Å². The Morgan fingerprint density at radius 1 is 1.41 bits per heavy atom. The average molecular weight is 233 g/mol. The van der Waals surface area contributed by atoms with Crippen LogP contribution < -0.4 is 0 Å². The molecule has 1 heterocycles. The van der Waals surface area contributed by atoms with Crippen molar-refractivity contribution in [1.29, 1.82) is 0 Å². The van der Waals surface area contributed by atoms with E-state index in [0.29, 0.717) is 12.3 Å². The molecule has 0 bridgehead atoms. The highest BCUT2D eigenvalue weighted by atomic mass is 16.3. The Balaban J connectivity index is 2.07. The standard InChI is InChI=1S/C15H23NO/c1-3-13-7-8-14(16-11-13)10-15(17)9-5-4-6-12(15)2/h7-8,11-12,17H,3-6,9-10H2,1-2H3. The van der Waals surface area contributed by atoms with E-state index in [0.717, 1.165) is 31.4 Å². The third-order valence-corrected chi connectivity index (χ3v) is 4.20. The van der Waals surface area contributed by atoms with E-state index in [9.17, 15) is 5.11 Å². The summed E-state index contributed by atoms with van der Waals surface area (Å²) in [4.78, 5) is 4.46. The summed E-state index contributed by atoms with van der Waals surface area (Å²) in [6.45, 7) is 4.30. The van der Waals surface area contributed by atoms with Crippen LogP contribution >= 0.6 is 0 Å². The highest BCUT2D eigenvalue weighted by Gasteiger charge is 2.36. The second-order valence-corrected chi connectivity index (χ2v) is 5.44. The van der Waals surface area contributed by atoms with Crippen LogP contribution in [-0.2, 0) is 12.8 Å². The van der Waals surface area contributed by atoms with Crippen LogP contribution in [0.15, 0.2) is 18.3 Å². The molecule has 0 amide bonds. The van der Waals surface area contributed by atoms with Gasteiger partial charge in [0.25, 0.3) is 0 Å². The van der Waals surface area contributed by atoms with Crippen molar-refractivity contribution in [3.05, 3.63) is 29.6 Å². The molecule has 1 aliphatic rings. The average Bonchev–Trinajstić information content (AvgIpc) is 2.34. The van der Waals surface area contributed by atoms with Gasteiger partial charge in [0, 0.05) is 18.3 Å². The lowest BCUT2D eigenvalue weighted by atomic mass is 9.74. The molecule has 2 atom stereocenters. The molecule has 0 spiro atoms. The lowest BCUT2D eigenvalue weighted by Crippen LogP contribution is -2.41. The maximum Gasteiger partial charge on any atom is 0.0728 e. The molecule has 2 rings (SSSR count). The van der Waals surface area contributed by atoms with Gasteiger partial charge in [-0.25, -0.2) is 0 Å². The predicted octanol–water partition coefficient (Wildman–Crippen LogP) is 3.13. The second kappa shape index (κ2) is 5.18. The molecule has 1 aromatic rings. The summed E-state index contributed by atoms with van der Waals surface area (Å²) < 4.78 is 0. The minimum absolute atomic E-state index is 0.393. The minimum Gasteiger partial charge on any atom is -0.389 e. The topological polar surface area (TPSA) is 33.1 Å². The van der Waals surface area contributed by atoms with Gasteiger partial charge >= 0.3 is 0 Å². The van der Waals surface area contributed by atoms with Gasteiger partial charge in [0.15, 0.2) is 0 Å². The molecule has 0 saturated heterocycles. The maximum absolute atomic E-state index is 10.7. The predicted molar refractivity (Wildman–Crippen MR) is 69.9 cm³/mol. The van der Waals surface area contributed by atoms with E-state index in [-0.39, 0.29) is 0 Å². The maximum atomic E-state index is 10.7. The third-order valence-electron chi connectivity index (χ3n) is 4.20. The summed E-state index contributed by atoms with van der Waals surface area (Å²) in [5.41, 5.74) is 1.76. The van der Waals surface area contributed by atoms with Gasteiger partial charge in [0.1, 0.15) is 0 Å². The first-order chi connectivity index (χ1) is 8.14. The molecular formula is C15H23NO. The molecule has 0 aliphatic heterocycles. The smallest absolute Gasteiger partial charge is 0.0728 e. The zero-order valence-electron chi connectivity index (χ0n) is 10.9. The zero-order valence-corrected chi connectivity index (χ0v) is 10.9. The number of aromatic nitrogens is 1. The van der Waals surface area contributed by atoms with Crippen LogP contribution in [0, 0.1) is 5.92 Å². The largest absolute Gasteiger partial charge is 0.389 e. The van der Waals surface area contributed by atoms with Crippen LogP contribution in [0.5, 0.6) is 0 Å². The third kappa shape index (κ3) is 2.86. The highest BCUT2D eigenvalue weighted by molar-refractivity contribution is 5.15.